The summed E-state index contributed by atoms with van der Waals surface area (Å²) in [6, 6.07) is 77.6. The molecule has 14 rings (SSSR count). The highest BCUT2D eigenvalue weighted by Gasteiger charge is 2.35. The predicted octanol–water partition coefficient (Wildman–Crippen LogP) is 16.7. The summed E-state index contributed by atoms with van der Waals surface area (Å²) in [5.41, 5.74) is 7.30. The number of nitrogens with zero attached hydrogens (tertiary/aromatic N) is 10. The van der Waals surface area contributed by atoms with Crippen molar-refractivity contribution in [2.45, 2.75) is 6.18 Å². The molecular formula is C69H39F3N10. The number of nitriles is 2. The predicted molar refractivity (Wildman–Crippen MR) is 314 cm³/mol. The number of fused-ring (bicyclic) bond motifs is 6. The van der Waals surface area contributed by atoms with Crippen molar-refractivity contribution in [2.24, 2.45) is 0 Å². The van der Waals surface area contributed by atoms with Crippen LogP contribution < -0.4 is 0 Å². The topological polar surface area (TPSA) is 135 Å². The summed E-state index contributed by atoms with van der Waals surface area (Å²) >= 11 is 0. The fraction of sp³-hybridized carbons (Fsp3) is 0.0145. The van der Waals surface area contributed by atoms with Crippen molar-refractivity contribution in [3.63, 3.8) is 0 Å². The van der Waals surface area contributed by atoms with Gasteiger partial charge in [-0.05, 0) is 78.4 Å². The lowest BCUT2D eigenvalue weighted by atomic mass is 9.92. The molecule has 0 fully saturated rings. The number of para-hydroxylation sites is 2. The molecular weight excluding hydrogens is 1030 g/mol. The molecule has 82 heavy (non-hydrogen) atoms. The summed E-state index contributed by atoms with van der Waals surface area (Å²) in [6.07, 6.45) is -4.88. The molecule has 0 aliphatic heterocycles. The molecule has 0 spiro atoms. The number of benzene rings is 10. The summed E-state index contributed by atoms with van der Waals surface area (Å²) < 4.78 is 50.0. The van der Waals surface area contributed by atoms with Crippen LogP contribution in [0.25, 0.3) is 134 Å². The molecule has 386 valence electrons. The minimum absolute atomic E-state index is 0.00935. The molecule has 10 nitrogen and oxygen atoms in total. The van der Waals surface area contributed by atoms with E-state index >= 15 is 13.2 Å². The summed E-state index contributed by atoms with van der Waals surface area (Å²) in [7, 11) is 0. The maximum absolute atomic E-state index is 15.3. The Bertz CT molecular complexity index is 4810. The highest BCUT2D eigenvalue weighted by Crippen LogP contribution is 2.45. The van der Waals surface area contributed by atoms with Gasteiger partial charge in [0.25, 0.3) is 0 Å². The first-order valence-corrected chi connectivity index (χ1v) is 26.2. The summed E-state index contributed by atoms with van der Waals surface area (Å²) in [6.45, 7) is 0. The van der Waals surface area contributed by atoms with E-state index < -0.39 is 11.7 Å². The van der Waals surface area contributed by atoms with Crippen LogP contribution in [0.2, 0.25) is 0 Å². The van der Waals surface area contributed by atoms with Crippen LogP contribution >= 0.6 is 0 Å². The van der Waals surface area contributed by atoms with Crippen LogP contribution in [0.3, 0.4) is 0 Å². The van der Waals surface area contributed by atoms with Gasteiger partial charge < -0.3 is 9.13 Å². The zero-order valence-electron chi connectivity index (χ0n) is 43.1. The van der Waals surface area contributed by atoms with Gasteiger partial charge in [0, 0.05) is 60.5 Å². The second-order valence-electron chi connectivity index (χ2n) is 19.6. The number of rotatable bonds is 9. The molecule has 13 heteroatoms. The van der Waals surface area contributed by atoms with Gasteiger partial charge in [-0.3, -0.25) is 0 Å². The third-order valence-electron chi connectivity index (χ3n) is 14.7. The Morgan fingerprint density at radius 1 is 0.317 bits per heavy atom. The van der Waals surface area contributed by atoms with E-state index in [-0.39, 0.29) is 22.3 Å². The lowest BCUT2D eigenvalue weighted by molar-refractivity contribution is -0.137. The summed E-state index contributed by atoms with van der Waals surface area (Å²) in [5, 5.41) is 24.3. The SMILES string of the molecule is N#Cc1ccc(-c2cc(-n3c4ccccc4c4cc(-c5nc(-c6ccccc6)nc(-c6ccccc6)n5)ccc43)c(-n3c4ccccc4c4cc(-c5nc(-c6ccccc6)nc(-c6ccccc6)n5)ccc43)cc2C#N)c(C(F)(F)F)c1. The van der Waals surface area contributed by atoms with Crippen molar-refractivity contribution in [3.05, 3.63) is 253 Å². The lowest BCUT2D eigenvalue weighted by Crippen LogP contribution is -2.10. The molecule has 0 N–H and O–H groups in total. The maximum atomic E-state index is 15.3. The first kappa shape index (κ1) is 48.9. The highest BCUT2D eigenvalue weighted by molar-refractivity contribution is 6.13. The van der Waals surface area contributed by atoms with E-state index in [2.05, 4.69) is 10.6 Å². The zero-order chi connectivity index (χ0) is 55.5. The third-order valence-corrected chi connectivity index (χ3v) is 14.7. The number of aromatic nitrogens is 8. The van der Waals surface area contributed by atoms with Gasteiger partial charge in [-0.25, -0.2) is 29.9 Å². The van der Waals surface area contributed by atoms with Crippen molar-refractivity contribution in [2.75, 3.05) is 0 Å². The number of alkyl halides is 3. The van der Waals surface area contributed by atoms with Gasteiger partial charge in [-0.15, -0.1) is 0 Å². The van der Waals surface area contributed by atoms with Crippen LogP contribution in [0.15, 0.2) is 237 Å². The second-order valence-corrected chi connectivity index (χ2v) is 19.6. The number of hydrogen-bond acceptors (Lipinski definition) is 8. The van der Waals surface area contributed by atoms with E-state index in [4.69, 9.17) is 29.9 Å². The molecule has 0 unspecified atom stereocenters. The molecule has 0 aliphatic rings. The molecule has 0 saturated carbocycles. The van der Waals surface area contributed by atoms with E-state index in [0.29, 0.717) is 51.9 Å². The Labute approximate surface area is 466 Å². The normalized spacial score (nSPS) is 11.6. The van der Waals surface area contributed by atoms with Gasteiger partial charge in [-0.2, -0.15) is 23.7 Å². The van der Waals surface area contributed by atoms with E-state index in [1.807, 2.05) is 217 Å². The van der Waals surface area contributed by atoms with Crippen molar-refractivity contribution in [1.29, 1.82) is 10.5 Å². The van der Waals surface area contributed by atoms with E-state index in [0.717, 1.165) is 77.5 Å². The van der Waals surface area contributed by atoms with E-state index in [1.54, 1.807) is 12.1 Å². The Morgan fingerprint density at radius 3 is 1.07 bits per heavy atom. The minimum atomic E-state index is -4.88. The van der Waals surface area contributed by atoms with Crippen LogP contribution in [-0.2, 0) is 6.18 Å². The first-order valence-electron chi connectivity index (χ1n) is 26.2. The molecule has 0 bridgehead atoms. The first-order chi connectivity index (χ1) is 40.2. The van der Waals surface area contributed by atoms with Crippen molar-refractivity contribution < 1.29 is 13.2 Å². The Hall–Kier alpha value is -11.4. The smallest absolute Gasteiger partial charge is 0.307 e. The number of halogens is 3. The molecule has 4 heterocycles. The molecule has 0 amide bonds. The Kier molecular flexibility index (Phi) is 11.8. The molecule has 0 saturated heterocycles. The van der Waals surface area contributed by atoms with Crippen molar-refractivity contribution in [3.8, 4) is 103 Å². The van der Waals surface area contributed by atoms with Gasteiger partial charge in [-0.1, -0.05) is 164 Å². The number of hydrogen-bond donors (Lipinski definition) is 0. The Morgan fingerprint density at radius 2 is 0.683 bits per heavy atom. The minimum Gasteiger partial charge on any atom is -0.307 e. The van der Waals surface area contributed by atoms with Gasteiger partial charge in [0.2, 0.25) is 0 Å². The molecule has 14 aromatic rings. The van der Waals surface area contributed by atoms with Crippen LogP contribution in [0.1, 0.15) is 16.7 Å². The third kappa shape index (κ3) is 8.54. The van der Waals surface area contributed by atoms with Gasteiger partial charge in [0.05, 0.1) is 62.3 Å². The van der Waals surface area contributed by atoms with Crippen molar-refractivity contribution >= 4 is 43.6 Å². The monoisotopic (exact) mass is 1060 g/mol. The molecule has 0 radical (unpaired) electrons. The fourth-order valence-corrected chi connectivity index (χ4v) is 11.0. The van der Waals surface area contributed by atoms with Gasteiger partial charge in [0.15, 0.2) is 34.9 Å². The molecule has 0 aliphatic carbocycles. The van der Waals surface area contributed by atoms with Crippen molar-refractivity contribution in [1.82, 2.24) is 39.0 Å². The van der Waals surface area contributed by atoms with Gasteiger partial charge >= 0.3 is 6.18 Å². The second kappa shape index (κ2) is 19.8. The van der Waals surface area contributed by atoms with E-state index in [1.165, 1.54) is 12.1 Å². The maximum Gasteiger partial charge on any atom is 0.417 e. The standard InChI is InChI=1S/C69H39F3N10/c70-69(71,72)56-35-42(40-73)29-32-50(56)53-39-62(82-58-28-16-14-26-52(58)55-37-48(31-34-60(55)82)68-79-65(45-21-9-3-10-22-45)76-66(80-68)46-23-11-4-12-24-46)61(38-49(53)41-74)81-57-27-15-13-25-51(57)54-36-47(30-33-59(54)81)67-77-63(43-17-5-1-6-18-43)75-64(78-67)44-19-7-2-8-20-44/h1-39H. The average molecular weight is 1070 g/mol. The zero-order valence-corrected chi connectivity index (χ0v) is 43.1. The van der Waals surface area contributed by atoms with Crippen LogP contribution in [0, 0.1) is 22.7 Å². The molecule has 0 atom stereocenters. The Balaban J connectivity index is 1.03. The van der Waals surface area contributed by atoms with Crippen LogP contribution in [0.5, 0.6) is 0 Å². The average Bonchev–Trinajstić information content (AvgIpc) is 2.99. The molecule has 4 aromatic heterocycles. The quantitative estimate of drug-likeness (QED) is 0.139. The van der Waals surface area contributed by atoms with Gasteiger partial charge in [0.1, 0.15) is 0 Å². The summed E-state index contributed by atoms with van der Waals surface area (Å²) in [4.78, 5) is 30.0. The van der Waals surface area contributed by atoms with Crippen LogP contribution in [0.4, 0.5) is 13.2 Å². The summed E-state index contributed by atoms with van der Waals surface area (Å²) in [5.74, 6) is 2.93. The molecule has 10 aromatic carbocycles. The van der Waals surface area contributed by atoms with Crippen LogP contribution in [-0.4, -0.2) is 39.0 Å². The lowest BCUT2D eigenvalue weighted by Gasteiger charge is -2.21. The fourth-order valence-electron chi connectivity index (χ4n) is 11.0. The van der Waals surface area contributed by atoms with E-state index in [9.17, 15) is 10.5 Å². The largest absolute Gasteiger partial charge is 0.417 e. The highest BCUT2D eigenvalue weighted by atomic mass is 19.4.